The SMILES string of the molecule is CCCOCC(=O)C(C)(CC)CN. The zero-order chi connectivity index (χ0) is 10.3. The summed E-state index contributed by atoms with van der Waals surface area (Å²) >= 11 is 0. The Morgan fingerprint density at radius 3 is 2.46 bits per heavy atom. The number of ketones is 1. The van der Waals surface area contributed by atoms with E-state index in [-0.39, 0.29) is 12.4 Å². The monoisotopic (exact) mass is 187 g/mol. The number of Topliss-reactive ketones (excluding diaryl/α,β-unsaturated/α-hetero) is 1. The molecule has 0 bridgehead atoms. The van der Waals surface area contributed by atoms with Gasteiger partial charge in [-0.3, -0.25) is 4.79 Å². The summed E-state index contributed by atoms with van der Waals surface area (Å²) in [4.78, 5) is 11.6. The van der Waals surface area contributed by atoms with Gasteiger partial charge in [0.15, 0.2) is 5.78 Å². The van der Waals surface area contributed by atoms with E-state index in [1.54, 1.807) is 0 Å². The molecule has 0 rings (SSSR count). The first-order valence-corrected chi connectivity index (χ1v) is 4.91. The van der Waals surface area contributed by atoms with Gasteiger partial charge in [-0.25, -0.2) is 0 Å². The van der Waals surface area contributed by atoms with Crippen molar-refractivity contribution in [2.75, 3.05) is 19.8 Å². The van der Waals surface area contributed by atoms with Gasteiger partial charge in [0.1, 0.15) is 6.61 Å². The van der Waals surface area contributed by atoms with Gasteiger partial charge in [0, 0.05) is 18.6 Å². The van der Waals surface area contributed by atoms with Crippen molar-refractivity contribution >= 4 is 5.78 Å². The van der Waals surface area contributed by atoms with Gasteiger partial charge < -0.3 is 10.5 Å². The van der Waals surface area contributed by atoms with Crippen molar-refractivity contribution in [3.8, 4) is 0 Å². The third-order valence-corrected chi connectivity index (χ3v) is 2.49. The smallest absolute Gasteiger partial charge is 0.165 e. The molecule has 3 nitrogen and oxygen atoms in total. The lowest BCUT2D eigenvalue weighted by Gasteiger charge is -2.24. The van der Waals surface area contributed by atoms with Crippen molar-refractivity contribution in [2.45, 2.75) is 33.6 Å². The van der Waals surface area contributed by atoms with E-state index in [9.17, 15) is 4.79 Å². The van der Waals surface area contributed by atoms with Crippen LogP contribution in [0.15, 0.2) is 0 Å². The Hall–Kier alpha value is -0.410. The third-order valence-electron chi connectivity index (χ3n) is 2.49. The minimum atomic E-state index is -0.395. The van der Waals surface area contributed by atoms with Crippen molar-refractivity contribution in [1.29, 1.82) is 0 Å². The topological polar surface area (TPSA) is 52.3 Å². The number of ether oxygens (including phenoxy) is 1. The van der Waals surface area contributed by atoms with E-state index < -0.39 is 5.41 Å². The van der Waals surface area contributed by atoms with E-state index in [1.807, 2.05) is 20.8 Å². The first kappa shape index (κ1) is 12.6. The Labute approximate surface area is 80.6 Å². The molecule has 0 radical (unpaired) electrons. The highest BCUT2D eigenvalue weighted by molar-refractivity contribution is 5.85. The first-order valence-electron chi connectivity index (χ1n) is 4.91. The molecule has 13 heavy (non-hydrogen) atoms. The average Bonchev–Trinajstić information content (AvgIpc) is 2.17. The van der Waals surface area contributed by atoms with Crippen molar-refractivity contribution in [1.82, 2.24) is 0 Å². The van der Waals surface area contributed by atoms with E-state index >= 15 is 0 Å². The molecule has 0 heterocycles. The maximum absolute atomic E-state index is 11.6. The highest BCUT2D eigenvalue weighted by atomic mass is 16.5. The molecular formula is C10H21NO2. The minimum absolute atomic E-state index is 0.117. The largest absolute Gasteiger partial charge is 0.374 e. The molecule has 0 aliphatic heterocycles. The standard InChI is InChI=1S/C10H21NO2/c1-4-6-13-7-9(12)10(3,5-2)8-11/h4-8,11H2,1-3H3. The van der Waals surface area contributed by atoms with Crippen LogP contribution in [0.4, 0.5) is 0 Å². The number of hydrogen-bond donors (Lipinski definition) is 1. The lowest BCUT2D eigenvalue weighted by Crippen LogP contribution is -2.37. The lowest BCUT2D eigenvalue weighted by molar-refractivity contribution is -0.132. The Balaban J connectivity index is 3.92. The van der Waals surface area contributed by atoms with Crippen LogP contribution in [0.1, 0.15) is 33.6 Å². The summed E-state index contributed by atoms with van der Waals surface area (Å²) in [5.74, 6) is 0.117. The molecule has 0 aliphatic rings. The van der Waals surface area contributed by atoms with Gasteiger partial charge in [-0.1, -0.05) is 20.8 Å². The minimum Gasteiger partial charge on any atom is -0.374 e. The van der Waals surface area contributed by atoms with Crippen molar-refractivity contribution in [3.05, 3.63) is 0 Å². The van der Waals surface area contributed by atoms with Crippen molar-refractivity contribution < 1.29 is 9.53 Å². The highest BCUT2D eigenvalue weighted by Gasteiger charge is 2.28. The van der Waals surface area contributed by atoms with Crippen LogP contribution in [-0.4, -0.2) is 25.5 Å². The molecule has 0 spiro atoms. The van der Waals surface area contributed by atoms with E-state index in [2.05, 4.69) is 0 Å². The summed E-state index contributed by atoms with van der Waals surface area (Å²) in [5, 5.41) is 0. The van der Waals surface area contributed by atoms with E-state index in [4.69, 9.17) is 10.5 Å². The Morgan fingerprint density at radius 2 is 2.08 bits per heavy atom. The van der Waals surface area contributed by atoms with Crippen LogP contribution in [-0.2, 0) is 9.53 Å². The molecule has 0 aromatic carbocycles. The van der Waals surface area contributed by atoms with Gasteiger partial charge in [-0.05, 0) is 12.8 Å². The number of hydrogen-bond acceptors (Lipinski definition) is 3. The predicted octanol–water partition coefficient (Wildman–Crippen LogP) is 1.36. The third kappa shape index (κ3) is 3.87. The molecule has 0 fully saturated rings. The second-order valence-corrected chi connectivity index (χ2v) is 3.59. The molecule has 0 aromatic rings. The molecule has 1 atom stereocenters. The van der Waals surface area contributed by atoms with E-state index in [0.29, 0.717) is 13.2 Å². The lowest BCUT2D eigenvalue weighted by atomic mass is 9.83. The van der Waals surface area contributed by atoms with Crippen LogP contribution in [0.25, 0.3) is 0 Å². The fourth-order valence-corrected chi connectivity index (χ4v) is 0.939. The van der Waals surface area contributed by atoms with Crippen molar-refractivity contribution in [3.63, 3.8) is 0 Å². The molecule has 0 aliphatic carbocycles. The van der Waals surface area contributed by atoms with E-state index in [0.717, 1.165) is 12.8 Å². The molecule has 0 amide bonds. The maximum Gasteiger partial charge on any atom is 0.165 e. The molecule has 78 valence electrons. The quantitative estimate of drug-likeness (QED) is 0.612. The second-order valence-electron chi connectivity index (χ2n) is 3.59. The van der Waals surface area contributed by atoms with Crippen molar-refractivity contribution in [2.24, 2.45) is 11.1 Å². The fraction of sp³-hybridized carbons (Fsp3) is 0.900. The van der Waals surface area contributed by atoms with Gasteiger partial charge in [0.2, 0.25) is 0 Å². The predicted molar refractivity (Wildman–Crippen MR) is 53.6 cm³/mol. The van der Waals surface area contributed by atoms with Crippen LogP contribution >= 0.6 is 0 Å². The summed E-state index contributed by atoms with van der Waals surface area (Å²) in [5.41, 5.74) is 5.15. The van der Waals surface area contributed by atoms with Crippen LogP contribution in [0.2, 0.25) is 0 Å². The van der Waals surface area contributed by atoms with Gasteiger partial charge in [0.05, 0.1) is 0 Å². The average molecular weight is 187 g/mol. The molecule has 0 saturated carbocycles. The number of rotatable bonds is 7. The summed E-state index contributed by atoms with van der Waals surface area (Å²) < 4.78 is 5.19. The normalized spacial score (nSPS) is 15.4. The number of carbonyl (C=O) groups is 1. The highest BCUT2D eigenvalue weighted by Crippen LogP contribution is 2.20. The number of nitrogens with two attached hydrogens (primary N) is 1. The molecule has 3 heteroatoms. The second kappa shape index (κ2) is 6.11. The van der Waals surface area contributed by atoms with Crippen LogP contribution in [0.3, 0.4) is 0 Å². The Kier molecular flexibility index (Phi) is 5.91. The van der Waals surface area contributed by atoms with Gasteiger partial charge >= 0.3 is 0 Å². The first-order chi connectivity index (χ1) is 6.10. The van der Waals surface area contributed by atoms with Gasteiger partial charge in [-0.2, -0.15) is 0 Å². The fourth-order valence-electron chi connectivity index (χ4n) is 0.939. The molecule has 2 N–H and O–H groups in total. The molecule has 0 aromatic heterocycles. The Bertz CT molecular complexity index is 153. The van der Waals surface area contributed by atoms with Gasteiger partial charge in [0.25, 0.3) is 0 Å². The summed E-state index contributed by atoms with van der Waals surface area (Å²) in [6.07, 6.45) is 1.72. The van der Waals surface area contributed by atoms with Crippen LogP contribution in [0, 0.1) is 5.41 Å². The zero-order valence-electron chi connectivity index (χ0n) is 8.93. The Morgan fingerprint density at radius 1 is 1.46 bits per heavy atom. The molecular weight excluding hydrogens is 166 g/mol. The zero-order valence-corrected chi connectivity index (χ0v) is 8.93. The number of carbonyl (C=O) groups excluding carboxylic acids is 1. The van der Waals surface area contributed by atoms with Crippen LogP contribution in [0.5, 0.6) is 0 Å². The maximum atomic E-state index is 11.6. The summed E-state index contributed by atoms with van der Waals surface area (Å²) in [7, 11) is 0. The summed E-state index contributed by atoms with van der Waals surface area (Å²) in [6.45, 7) is 7.14. The molecule has 0 saturated heterocycles. The van der Waals surface area contributed by atoms with Crippen LogP contribution < -0.4 is 5.73 Å². The summed E-state index contributed by atoms with van der Waals surface area (Å²) in [6, 6.07) is 0. The molecule has 1 unspecified atom stereocenters. The van der Waals surface area contributed by atoms with E-state index in [1.165, 1.54) is 0 Å². The van der Waals surface area contributed by atoms with Gasteiger partial charge in [-0.15, -0.1) is 0 Å².